The zero-order valence-corrected chi connectivity index (χ0v) is 13.4. The lowest BCUT2D eigenvalue weighted by atomic mass is 10.1. The summed E-state index contributed by atoms with van der Waals surface area (Å²) >= 11 is 3.60. The molecule has 0 bridgehead atoms. The first-order chi connectivity index (χ1) is 9.61. The van der Waals surface area contributed by atoms with E-state index in [1.165, 1.54) is 6.07 Å². The van der Waals surface area contributed by atoms with Crippen LogP contribution in [0.2, 0.25) is 0 Å². The molecule has 1 aromatic carbocycles. The first-order valence-electron chi connectivity index (χ1n) is 6.77. The van der Waals surface area contributed by atoms with E-state index in [9.17, 15) is 4.39 Å². The molecule has 0 aliphatic rings. The van der Waals surface area contributed by atoms with Crippen molar-refractivity contribution >= 4 is 15.9 Å². The number of hydrogen-bond acceptors (Lipinski definition) is 2. The van der Waals surface area contributed by atoms with Gasteiger partial charge in [-0.15, -0.1) is 0 Å². The van der Waals surface area contributed by atoms with Gasteiger partial charge >= 0.3 is 0 Å². The van der Waals surface area contributed by atoms with Gasteiger partial charge in [-0.25, -0.2) is 4.39 Å². The first-order valence-corrected chi connectivity index (χ1v) is 7.56. The predicted octanol–water partition coefficient (Wildman–Crippen LogP) is 3.22. The van der Waals surface area contributed by atoms with Gasteiger partial charge < -0.3 is 5.32 Å². The standard InChI is InChI=1S/C15H19BrFN3/c1-3-13-15(16)14(20(2)19-13)10-18-8-7-11-5-4-6-12(17)9-11/h4-6,9,18H,3,7-8,10H2,1-2H3. The fourth-order valence-corrected chi connectivity index (χ4v) is 2.90. The molecule has 0 atom stereocenters. The highest BCUT2D eigenvalue weighted by molar-refractivity contribution is 9.10. The van der Waals surface area contributed by atoms with E-state index in [1.807, 2.05) is 17.8 Å². The van der Waals surface area contributed by atoms with Crippen LogP contribution in [0.25, 0.3) is 0 Å². The number of aryl methyl sites for hydroxylation is 2. The van der Waals surface area contributed by atoms with Gasteiger partial charge in [0.2, 0.25) is 0 Å². The van der Waals surface area contributed by atoms with Gasteiger partial charge in [0.15, 0.2) is 0 Å². The normalized spacial score (nSPS) is 11.0. The Bertz CT molecular complexity index is 580. The van der Waals surface area contributed by atoms with Crippen LogP contribution in [0.15, 0.2) is 28.7 Å². The van der Waals surface area contributed by atoms with Crippen molar-refractivity contribution in [2.24, 2.45) is 7.05 Å². The van der Waals surface area contributed by atoms with Crippen LogP contribution in [0.3, 0.4) is 0 Å². The van der Waals surface area contributed by atoms with Gasteiger partial charge in [-0.1, -0.05) is 19.1 Å². The number of halogens is 2. The van der Waals surface area contributed by atoms with Gasteiger partial charge in [0.1, 0.15) is 5.82 Å². The minimum absolute atomic E-state index is 0.176. The number of nitrogens with one attached hydrogen (secondary N) is 1. The topological polar surface area (TPSA) is 29.9 Å². The summed E-state index contributed by atoms with van der Waals surface area (Å²) in [5, 5.41) is 7.83. The van der Waals surface area contributed by atoms with E-state index in [0.717, 1.165) is 47.4 Å². The Balaban J connectivity index is 1.86. The molecule has 0 unspecified atom stereocenters. The van der Waals surface area contributed by atoms with Gasteiger partial charge in [0.05, 0.1) is 15.9 Å². The van der Waals surface area contributed by atoms with Crippen molar-refractivity contribution in [1.82, 2.24) is 15.1 Å². The summed E-state index contributed by atoms with van der Waals surface area (Å²) in [4.78, 5) is 0. The molecule has 5 heteroatoms. The Labute approximate surface area is 127 Å². The Kier molecular flexibility index (Phi) is 5.31. The second-order valence-corrected chi connectivity index (χ2v) is 5.53. The van der Waals surface area contributed by atoms with Crippen molar-refractivity contribution in [2.75, 3.05) is 6.54 Å². The largest absolute Gasteiger partial charge is 0.311 e. The molecule has 2 rings (SSSR count). The summed E-state index contributed by atoms with van der Waals surface area (Å²) in [5.74, 6) is -0.176. The maximum absolute atomic E-state index is 13.1. The maximum Gasteiger partial charge on any atom is 0.123 e. The molecule has 0 fully saturated rings. The summed E-state index contributed by atoms with van der Waals surface area (Å²) in [6.45, 7) is 3.65. The quantitative estimate of drug-likeness (QED) is 0.819. The molecule has 2 aromatic rings. The van der Waals surface area contributed by atoms with E-state index in [1.54, 1.807) is 12.1 Å². The number of hydrogen-bond donors (Lipinski definition) is 1. The molecule has 1 N–H and O–H groups in total. The average Bonchev–Trinajstić information content (AvgIpc) is 2.70. The van der Waals surface area contributed by atoms with Crippen molar-refractivity contribution in [3.8, 4) is 0 Å². The monoisotopic (exact) mass is 339 g/mol. The first kappa shape index (κ1) is 15.2. The fourth-order valence-electron chi connectivity index (χ4n) is 2.14. The summed E-state index contributed by atoms with van der Waals surface area (Å²) < 4.78 is 16.0. The molecule has 0 spiro atoms. The van der Waals surface area contributed by atoms with Gasteiger partial charge in [-0.05, 0) is 53.0 Å². The molecule has 0 saturated heterocycles. The van der Waals surface area contributed by atoms with Gasteiger partial charge in [-0.3, -0.25) is 4.68 Å². The Morgan fingerprint density at radius 2 is 2.20 bits per heavy atom. The van der Waals surface area contributed by atoms with Crippen molar-refractivity contribution < 1.29 is 4.39 Å². The molecule has 3 nitrogen and oxygen atoms in total. The minimum atomic E-state index is -0.176. The number of nitrogens with zero attached hydrogens (tertiary/aromatic N) is 2. The van der Waals surface area contributed by atoms with Crippen LogP contribution in [-0.4, -0.2) is 16.3 Å². The molecule has 0 amide bonds. The van der Waals surface area contributed by atoms with Crippen LogP contribution in [0.4, 0.5) is 4.39 Å². The smallest absolute Gasteiger partial charge is 0.123 e. The van der Waals surface area contributed by atoms with E-state index in [2.05, 4.69) is 33.3 Å². The highest BCUT2D eigenvalue weighted by atomic mass is 79.9. The molecule has 1 heterocycles. The lowest BCUT2D eigenvalue weighted by molar-refractivity contribution is 0.613. The van der Waals surface area contributed by atoms with E-state index < -0.39 is 0 Å². The summed E-state index contributed by atoms with van der Waals surface area (Å²) in [7, 11) is 1.95. The SMILES string of the molecule is CCc1nn(C)c(CNCCc2cccc(F)c2)c1Br. The maximum atomic E-state index is 13.1. The summed E-state index contributed by atoms with van der Waals surface area (Å²) in [6, 6.07) is 6.74. The molecule has 108 valence electrons. The molecule has 0 saturated carbocycles. The van der Waals surface area contributed by atoms with Crippen LogP contribution < -0.4 is 5.32 Å². The molecule has 20 heavy (non-hydrogen) atoms. The minimum Gasteiger partial charge on any atom is -0.311 e. The Morgan fingerprint density at radius 3 is 2.85 bits per heavy atom. The van der Waals surface area contributed by atoms with Gasteiger partial charge in [0, 0.05) is 13.6 Å². The second kappa shape index (κ2) is 6.99. The summed E-state index contributed by atoms with van der Waals surface area (Å²) in [6.07, 6.45) is 1.73. The van der Waals surface area contributed by atoms with Crippen LogP contribution in [0.5, 0.6) is 0 Å². The van der Waals surface area contributed by atoms with E-state index in [0.29, 0.717) is 0 Å². The molecule has 1 aromatic heterocycles. The molecule has 0 aliphatic heterocycles. The van der Waals surface area contributed by atoms with Crippen LogP contribution in [-0.2, 0) is 26.4 Å². The average molecular weight is 340 g/mol. The van der Waals surface area contributed by atoms with Crippen molar-refractivity contribution in [1.29, 1.82) is 0 Å². The van der Waals surface area contributed by atoms with Gasteiger partial charge in [0.25, 0.3) is 0 Å². The van der Waals surface area contributed by atoms with Crippen LogP contribution in [0, 0.1) is 5.82 Å². The number of aromatic nitrogens is 2. The third-order valence-corrected chi connectivity index (χ3v) is 4.19. The fraction of sp³-hybridized carbons (Fsp3) is 0.400. The highest BCUT2D eigenvalue weighted by Crippen LogP contribution is 2.21. The second-order valence-electron chi connectivity index (χ2n) is 4.74. The number of benzene rings is 1. The van der Waals surface area contributed by atoms with E-state index >= 15 is 0 Å². The van der Waals surface area contributed by atoms with Crippen molar-refractivity contribution in [3.63, 3.8) is 0 Å². The summed E-state index contributed by atoms with van der Waals surface area (Å²) in [5.41, 5.74) is 3.23. The Hall–Kier alpha value is -1.20. The third kappa shape index (κ3) is 3.67. The molecular formula is C15H19BrFN3. The highest BCUT2D eigenvalue weighted by Gasteiger charge is 2.11. The van der Waals surface area contributed by atoms with Gasteiger partial charge in [-0.2, -0.15) is 5.10 Å². The zero-order chi connectivity index (χ0) is 14.5. The molecule has 0 radical (unpaired) electrons. The van der Waals surface area contributed by atoms with Crippen molar-refractivity contribution in [3.05, 3.63) is 51.5 Å². The number of rotatable bonds is 6. The van der Waals surface area contributed by atoms with Crippen molar-refractivity contribution in [2.45, 2.75) is 26.3 Å². The molecule has 0 aliphatic carbocycles. The zero-order valence-electron chi connectivity index (χ0n) is 11.8. The Morgan fingerprint density at radius 1 is 1.40 bits per heavy atom. The predicted molar refractivity (Wildman–Crippen MR) is 82.1 cm³/mol. The lowest BCUT2D eigenvalue weighted by Gasteiger charge is -2.06. The third-order valence-electron chi connectivity index (χ3n) is 3.27. The molecular weight excluding hydrogens is 321 g/mol. The van der Waals surface area contributed by atoms with Crippen LogP contribution >= 0.6 is 15.9 Å². The van der Waals surface area contributed by atoms with E-state index in [-0.39, 0.29) is 5.82 Å². The lowest BCUT2D eigenvalue weighted by Crippen LogP contribution is -2.19. The van der Waals surface area contributed by atoms with Crippen LogP contribution in [0.1, 0.15) is 23.9 Å². The van der Waals surface area contributed by atoms with E-state index in [4.69, 9.17) is 0 Å².